The molecule has 3 heteroatoms. The molecule has 2 aromatic carbocycles. The number of nitrogens with one attached hydrogen (secondary N) is 1. The molecule has 3 nitrogen and oxygen atoms in total. The highest BCUT2D eigenvalue weighted by atomic mass is 15.0. The fourth-order valence-corrected chi connectivity index (χ4v) is 2.47. The SMILES string of the molecule is CC.N=N/C(=C\Cc1ccccc1)c1ccccc1.NCC1C=CC=CC1. The fourth-order valence-electron chi connectivity index (χ4n) is 2.47. The zero-order chi connectivity index (χ0) is 19.7. The highest BCUT2D eigenvalue weighted by Crippen LogP contribution is 2.16. The van der Waals surface area contributed by atoms with E-state index in [1.165, 1.54) is 5.56 Å². The van der Waals surface area contributed by atoms with Crippen molar-refractivity contribution in [3.8, 4) is 0 Å². The van der Waals surface area contributed by atoms with Gasteiger partial charge in [-0.05, 0) is 30.9 Å². The van der Waals surface area contributed by atoms with Crippen LogP contribution in [-0.2, 0) is 6.42 Å². The monoisotopic (exact) mass is 361 g/mol. The lowest BCUT2D eigenvalue weighted by molar-refractivity contribution is 0.669. The van der Waals surface area contributed by atoms with Crippen LogP contribution in [0.2, 0.25) is 0 Å². The van der Waals surface area contributed by atoms with Gasteiger partial charge < -0.3 is 5.73 Å². The lowest BCUT2D eigenvalue weighted by Crippen LogP contribution is -2.11. The maximum absolute atomic E-state index is 7.22. The summed E-state index contributed by atoms with van der Waals surface area (Å²) in [7, 11) is 0. The van der Waals surface area contributed by atoms with E-state index in [4.69, 9.17) is 11.3 Å². The molecule has 3 N–H and O–H groups in total. The Hall–Kier alpha value is -2.78. The molecule has 0 saturated heterocycles. The summed E-state index contributed by atoms with van der Waals surface area (Å²) in [6.45, 7) is 4.78. The predicted octanol–water partition coefficient (Wildman–Crippen LogP) is 6.40. The molecule has 0 heterocycles. The molecular formula is C24H31N3. The molecule has 142 valence electrons. The van der Waals surface area contributed by atoms with Crippen molar-refractivity contribution < 1.29 is 0 Å². The summed E-state index contributed by atoms with van der Waals surface area (Å²) in [5.74, 6) is 0.597. The Morgan fingerprint density at radius 3 is 2.15 bits per heavy atom. The molecule has 1 aliphatic carbocycles. The van der Waals surface area contributed by atoms with Crippen LogP contribution in [0.5, 0.6) is 0 Å². The van der Waals surface area contributed by atoms with E-state index in [9.17, 15) is 0 Å². The maximum Gasteiger partial charge on any atom is 0.0885 e. The minimum atomic E-state index is 0.597. The third-order valence-corrected chi connectivity index (χ3v) is 3.94. The molecule has 0 radical (unpaired) electrons. The Morgan fingerprint density at radius 2 is 1.67 bits per heavy atom. The third-order valence-electron chi connectivity index (χ3n) is 3.94. The van der Waals surface area contributed by atoms with Gasteiger partial charge in [0.05, 0.1) is 5.70 Å². The second-order valence-electron chi connectivity index (χ2n) is 5.80. The molecule has 0 aliphatic heterocycles. The summed E-state index contributed by atoms with van der Waals surface area (Å²) < 4.78 is 0. The predicted molar refractivity (Wildman–Crippen MR) is 117 cm³/mol. The minimum Gasteiger partial charge on any atom is -0.330 e. The molecule has 0 spiro atoms. The number of allylic oxidation sites excluding steroid dienone is 4. The fraction of sp³-hybridized carbons (Fsp3) is 0.250. The largest absolute Gasteiger partial charge is 0.330 e. The highest BCUT2D eigenvalue weighted by Gasteiger charge is 1.99. The van der Waals surface area contributed by atoms with Gasteiger partial charge in [0.15, 0.2) is 0 Å². The van der Waals surface area contributed by atoms with Gasteiger partial charge in [0, 0.05) is 5.56 Å². The third kappa shape index (κ3) is 8.93. The first-order valence-corrected chi connectivity index (χ1v) is 9.54. The standard InChI is InChI=1S/C15H14N2.C7H11N.C2H6/c16-17-15(14-9-5-2-6-10-14)12-11-13-7-3-1-4-8-13;8-6-7-4-2-1-3-5-7;1-2/h1-10,12,16H,11H2;1-4,7H,5-6,8H2;1-2H3/b15-12-,17-16?;;. The van der Waals surface area contributed by atoms with Crippen molar-refractivity contribution in [2.75, 3.05) is 6.54 Å². The number of hydrogen-bond acceptors (Lipinski definition) is 3. The smallest absolute Gasteiger partial charge is 0.0885 e. The lowest BCUT2D eigenvalue weighted by atomic mass is 10.0. The van der Waals surface area contributed by atoms with Crippen molar-refractivity contribution in [3.05, 3.63) is 102 Å². The van der Waals surface area contributed by atoms with E-state index in [1.807, 2.05) is 68.5 Å². The van der Waals surface area contributed by atoms with E-state index in [1.54, 1.807) is 0 Å². The van der Waals surface area contributed by atoms with Gasteiger partial charge in [-0.15, -0.1) is 0 Å². The van der Waals surface area contributed by atoms with Gasteiger partial charge in [0.2, 0.25) is 0 Å². The molecule has 1 unspecified atom stereocenters. The number of nitrogens with two attached hydrogens (primary N) is 1. The molecule has 0 amide bonds. The van der Waals surface area contributed by atoms with Crippen LogP contribution in [0.15, 0.2) is 96.2 Å². The van der Waals surface area contributed by atoms with Crippen molar-refractivity contribution in [3.63, 3.8) is 0 Å². The average molecular weight is 362 g/mol. The first-order valence-electron chi connectivity index (χ1n) is 9.54. The van der Waals surface area contributed by atoms with Gasteiger partial charge in [0.1, 0.15) is 0 Å². The van der Waals surface area contributed by atoms with Crippen LogP contribution in [0.3, 0.4) is 0 Å². The van der Waals surface area contributed by atoms with E-state index in [0.717, 1.165) is 30.6 Å². The molecule has 0 bridgehead atoms. The lowest BCUT2D eigenvalue weighted by Gasteiger charge is -2.07. The molecule has 0 saturated carbocycles. The van der Waals surface area contributed by atoms with E-state index < -0.39 is 0 Å². The second-order valence-corrected chi connectivity index (χ2v) is 5.80. The molecule has 0 fully saturated rings. The van der Waals surface area contributed by atoms with Crippen LogP contribution in [0, 0.1) is 11.4 Å². The first kappa shape index (κ1) is 22.3. The molecule has 1 aliphatic rings. The summed E-state index contributed by atoms with van der Waals surface area (Å²) in [4.78, 5) is 0. The summed E-state index contributed by atoms with van der Waals surface area (Å²) in [6.07, 6.45) is 12.3. The molecule has 2 aromatic rings. The van der Waals surface area contributed by atoms with E-state index in [2.05, 4.69) is 41.6 Å². The number of nitrogens with zero attached hydrogens (tertiary/aromatic N) is 1. The van der Waals surface area contributed by atoms with Gasteiger partial charge in [-0.25, -0.2) is 5.53 Å². The van der Waals surface area contributed by atoms with Crippen molar-refractivity contribution in [1.29, 1.82) is 5.53 Å². The Morgan fingerprint density at radius 1 is 1.04 bits per heavy atom. The summed E-state index contributed by atoms with van der Waals surface area (Å²) >= 11 is 0. The maximum atomic E-state index is 7.22. The van der Waals surface area contributed by atoms with Gasteiger partial charge in [-0.1, -0.05) is 105 Å². The minimum absolute atomic E-state index is 0.597. The van der Waals surface area contributed by atoms with Crippen molar-refractivity contribution in [2.24, 2.45) is 16.8 Å². The van der Waals surface area contributed by atoms with Crippen LogP contribution in [0.4, 0.5) is 0 Å². The van der Waals surface area contributed by atoms with Gasteiger partial charge >= 0.3 is 0 Å². The van der Waals surface area contributed by atoms with Gasteiger partial charge in [-0.3, -0.25) is 0 Å². The Balaban J connectivity index is 0.000000305. The molecule has 3 rings (SSSR count). The molecule has 27 heavy (non-hydrogen) atoms. The molecule has 1 atom stereocenters. The quantitative estimate of drug-likeness (QED) is 0.594. The van der Waals surface area contributed by atoms with Crippen LogP contribution in [0.25, 0.3) is 5.70 Å². The van der Waals surface area contributed by atoms with Crippen LogP contribution in [0.1, 0.15) is 31.4 Å². The highest BCUT2D eigenvalue weighted by molar-refractivity contribution is 5.64. The summed E-state index contributed by atoms with van der Waals surface area (Å²) in [6, 6.07) is 20.0. The van der Waals surface area contributed by atoms with Crippen molar-refractivity contribution >= 4 is 5.70 Å². The zero-order valence-corrected chi connectivity index (χ0v) is 16.4. The van der Waals surface area contributed by atoms with E-state index in [0.29, 0.717) is 5.92 Å². The number of hydrogen-bond donors (Lipinski definition) is 2. The molecule has 0 aromatic heterocycles. The molecular weight excluding hydrogens is 330 g/mol. The van der Waals surface area contributed by atoms with Crippen LogP contribution in [-0.4, -0.2) is 6.54 Å². The zero-order valence-electron chi connectivity index (χ0n) is 16.4. The van der Waals surface area contributed by atoms with Crippen molar-refractivity contribution in [2.45, 2.75) is 26.7 Å². The summed E-state index contributed by atoms with van der Waals surface area (Å²) in [5, 5.41) is 3.58. The Bertz CT molecular complexity index is 716. The van der Waals surface area contributed by atoms with E-state index >= 15 is 0 Å². The van der Waals surface area contributed by atoms with Crippen LogP contribution < -0.4 is 5.73 Å². The topological polar surface area (TPSA) is 62.2 Å². The first-order chi connectivity index (χ1) is 13.3. The summed E-state index contributed by atoms with van der Waals surface area (Å²) in [5.41, 5.74) is 15.6. The van der Waals surface area contributed by atoms with Gasteiger partial charge in [0.25, 0.3) is 0 Å². The Labute approximate surface area is 163 Å². The number of benzene rings is 2. The van der Waals surface area contributed by atoms with Gasteiger partial charge in [-0.2, -0.15) is 5.11 Å². The normalized spacial score (nSPS) is 15.1. The second kappa shape index (κ2) is 14.4. The van der Waals surface area contributed by atoms with Crippen LogP contribution >= 0.6 is 0 Å². The Kier molecular flexibility index (Phi) is 11.9. The van der Waals surface area contributed by atoms with E-state index in [-0.39, 0.29) is 0 Å². The number of rotatable bonds is 5. The van der Waals surface area contributed by atoms with Crippen molar-refractivity contribution in [1.82, 2.24) is 0 Å². The average Bonchev–Trinajstić information content (AvgIpc) is 2.78.